The molecule has 0 aliphatic rings. The predicted octanol–water partition coefficient (Wildman–Crippen LogP) is 6.58. The molecule has 0 N–H and O–H groups in total. The smallest absolute Gasteiger partial charge is 0.269 e. The summed E-state index contributed by atoms with van der Waals surface area (Å²) in [5.74, 6) is 0.548. The molecule has 0 saturated heterocycles. The van der Waals surface area contributed by atoms with E-state index in [-0.39, 0.29) is 5.69 Å². The van der Waals surface area contributed by atoms with Gasteiger partial charge in [-0.15, -0.1) is 0 Å². The molecular formula is C22H14BrN3O3. The van der Waals surface area contributed by atoms with Gasteiger partial charge in [-0.3, -0.25) is 15.1 Å². The Morgan fingerprint density at radius 3 is 2.62 bits per heavy atom. The number of oxazole rings is 1. The van der Waals surface area contributed by atoms with Gasteiger partial charge in [-0.25, -0.2) is 4.98 Å². The van der Waals surface area contributed by atoms with Gasteiger partial charge < -0.3 is 4.42 Å². The second-order valence-corrected chi connectivity index (χ2v) is 6.99. The second-order valence-electron chi connectivity index (χ2n) is 6.14. The van der Waals surface area contributed by atoms with Crippen molar-refractivity contribution in [2.45, 2.75) is 0 Å². The Morgan fingerprint density at radius 1 is 1.07 bits per heavy atom. The lowest BCUT2D eigenvalue weighted by Crippen LogP contribution is -1.86. The van der Waals surface area contributed by atoms with E-state index in [9.17, 15) is 10.1 Å². The summed E-state index contributed by atoms with van der Waals surface area (Å²) < 4.78 is 6.76. The van der Waals surface area contributed by atoms with Crippen LogP contribution in [0.5, 0.6) is 0 Å². The van der Waals surface area contributed by atoms with Gasteiger partial charge in [0.25, 0.3) is 5.69 Å². The molecule has 0 radical (unpaired) electrons. The van der Waals surface area contributed by atoms with Gasteiger partial charge >= 0.3 is 0 Å². The molecular weight excluding hydrogens is 434 g/mol. The van der Waals surface area contributed by atoms with Crippen molar-refractivity contribution >= 4 is 50.7 Å². The van der Waals surface area contributed by atoms with Crippen LogP contribution in [-0.2, 0) is 0 Å². The lowest BCUT2D eigenvalue weighted by molar-refractivity contribution is -0.384. The lowest BCUT2D eigenvalue weighted by atomic mass is 10.2. The first-order valence-electron chi connectivity index (χ1n) is 8.71. The number of nitrogens with zero attached hydrogens (tertiary/aromatic N) is 3. The number of aromatic nitrogens is 1. The molecule has 0 bridgehead atoms. The second kappa shape index (κ2) is 8.20. The van der Waals surface area contributed by atoms with Crippen LogP contribution in [-0.4, -0.2) is 16.1 Å². The molecule has 0 aliphatic carbocycles. The first-order chi connectivity index (χ1) is 14.1. The number of halogens is 1. The largest absolute Gasteiger partial charge is 0.436 e. The molecule has 0 aliphatic heterocycles. The molecule has 0 amide bonds. The fourth-order valence-corrected chi connectivity index (χ4v) is 3.19. The van der Waals surface area contributed by atoms with Crippen LogP contribution in [0.4, 0.5) is 11.4 Å². The summed E-state index contributed by atoms with van der Waals surface area (Å²) in [5, 5.41) is 10.7. The number of allylic oxidation sites excluding steroid dienone is 1. The van der Waals surface area contributed by atoms with Crippen molar-refractivity contribution in [3.63, 3.8) is 0 Å². The standard InChI is InChI=1S/C22H14BrN3O3/c23-19-6-2-1-5-18(19)22-25-20-14-16(9-12-21(20)29-22)24-13-3-4-15-7-10-17(11-8-15)26(27)28/h1-14H/b4-3+,24-13?. The number of benzene rings is 3. The quantitative estimate of drug-likeness (QED) is 0.196. The van der Waals surface area contributed by atoms with Gasteiger partial charge in [0.2, 0.25) is 5.89 Å². The summed E-state index contributed by atoms with van der Waals surface area (Å²) >= 11 is 3.51. The molecule has 0 saturated carbocycles. The van der Waals surface area contributed by atoms with E-state index in [1.807, 2.05) is 48.5 Å². The summed E-state index contributed by atoms with van der Waals surface area (Å²) in [7, 11) is 0. The molecule has 29 heavy (non-hydrogen) atoms. The van der Waals surface area contributed by atoms with Gasteiger partial charge in [-0.1, -0.05) is 18.2 Å². The van der Waals surface area contributed by atoms with Crippen LogP contribution in [0.15, 0.2) is 86.7 Å². The number of hydrogen-bond donors (Lipinski definition) is 0. The molecule has 6 nitrogen and oxygen atoms in total. The number of nitro groups is 1. The van der Waals surface area contributed by atoms with Gasteiger partial charge in [-0.2, -0.15) is 0 Å². The fraction of sp³-hybridized carbons (Fsp3) is 0. The van der Waals surface area contributed by atoms with E-state index in [0.29, 0.717) is 11.5 Å². The minimum absolute atomic E-state index is 0.0682. The van der Waals surface area contributed by atoms with Crippen molar-refractivity contribution < 1.29 is 9.34 Å². The normalized spacial score (nSPS) is 11.6. The summed E-state index contributed by atoms with van der Waals surface area (Å²) in [5.41, 5.74) is 3.98. The number of nitro benzene ring substituents is 1. The van der Waals surface area contributed by atoms with Crippen LogP contribution >= 0.6 is 15.9 Å². The van der Waals surface area contributed by atoms with Crippen molar-refractivity contribution in [1.82, 2.24) is 4.98 Å². The Balaban J connectivity index is 1.51. The molecule has 4 aromatic rings. The molecule has 3 aromatic carbocycles. The van der Waals surface area contributed by atoms with Crippen molar-refractivity contribution in [1.29, 1.82) is 0 Å². The zero-order chi connectivity index (χ0) is 20.2. The van der Waals surface area contributed by atoms with E-state index in [1.165, 1.54) is 12.1 Å². The molecule has 1 heterocycles. The maximum atomic E-state index is 10.7. The zero-order valence-electron chi connectivity index (χ0n) is 15.0. The zero-order valence-corrected chi connectivity index (χ0v) is 16.6. The first-order valence-corrected chi connectivity index (χ1v) is 9.50. The number of hydrogen-bond acceptors (Lipinski definition) is 5. The number of rotatable bonds is 5. The van der Waals surface area contributed by atoms with Gasteiger partial charge in [0.1, 0.15) is 5.52 Å². The number of fused-ring (bicyclic) bond motifs is 1. The highest BCUT2D eigenvalue weighted by molar-refractivity contribution is 9.10. The van der Waals surface area contributed by atoms with Gasteiger partial charge in [0, 0.05) is 22.8 Å². The summed E-state index contributed by atoms with van der Waals surface area (Å²) in [4.78, 5) is 19.2. The average Bonchev–Trinajstić information content (AvgIpc) is 3.15. The topological polar surface area (TPSA) is 81.5 Å². The predicted molar refractivity (Wildman–Crippen MR) is 117 cm³/mol. The van der Waals surface area contributed by atoms with E-state index in [0.717, 1.165) is 26.8 Å². The SMILES string of the molecule is O=[N+]([O-])c1ccc(/C=C/C=Nc2ccc3oc(-c4ccccc4Br)nc3c2)cc1. The number of non-ortho nitro benzene ring substituents is 1. The highest BCUT2D eigenvalue weighted by Gasteiger charge is 2.11. The highest BCUT2D eigenvalue weighted by atomic mass is 79.9. The fourth-order valence-electron chi connectivity index (χ4n) is 2.74. The maximum absolute atomic E-state index is 10.7. The van der Waals surface area contributed by atoms with Gasteiger partial charge in [-0.05, 0) is 70.0 Å². The highest BCUT2D eigenvalue weighted by Crippen LogP contribution is 2.31. The third kappa shape index (κ3) is 4.30. The van der Waals surface area contributed by atoms with Crippen LogP contribution in [0.1, 0.15) is 5.56 Å². The van der Waals surface area contributed by atoms with Crippen LogP contribution in [0, 0.1) is 10.1 Å². The first kappa shape index (κ1) is 18.8. The lowest BCUT2D eigenvalue weighted by Gasteiger charge is -1.97. The maximum Gasteiger partial charge on any atom is 0.269 e. The van der Waals surface area contributed by atoms with E-state index in [4.69, 9.17) is 4.42 Å². The van der Waals surface area contributed by atoms with Crippen molar-refractivity contribution in [2.24, 2.45) is 4.99 Å². The van der Waals surface area contributed by atoms with Crippen molar-refractivity contribution in [3.8, 4) is 11.5 Å². The Morgan fingerprint density at radius 2 is 1.86 bits per heavy atom. The molecule has 0 fully saturated rings. The monoisotopic (exact) mass is 447 g/mol. The Kier molecular flexibility index (Phi) is 5.31. The van der Waals surface area contributed by atoms with Crippen LogP contribution < -0.4 is 0 Å². The molecule has 142 valence electrons. The Bertz CT molecular complexity index is 1240. The minimum Gasteiger partial charge on any atom is -0.436 e. The minimum atomic E-state index is -0.420. The van der Waals surface area contributed by atoms with Crippen molar-refractivity contribution in [3.05, 3.63) is 93.0 Å². The number of aliphatic imine (C=N–C) groups is 1. The molecule has 7 heteroatoms. The van der Waals surface area contributed by atoms with E-state index >= 15 is 0 Å². The van der Waals surface area contributed by atoms with E-state index < -0.39 is 4.92 Å². The molecule has 1 aromatic heterocycles. The molecule has 0 atom stereocenters. The summed E-state index contributed by atoms with van der Waals surface area (Å²) in [6.07, 6.45) is 5.27. The van der Waals surface area contributed by atoms with Crippen LogP contribution in [0.2, 0.25) is 0 Å². The molecule has 0 spiro atoms. The summed E-state index contributed by atoms with van der Waals surface area (Å²) in [6.45, 7) is 0. The molecule has 4 rings (SSSR count). The van der Waals surface area contributed by atoms with E-state index in [2.05, 4.69) is 25.9 Å². The van der Waals surface area contributed by atoms with Crippen LogP contribution in [0.3, 0.4) is 0 Å². The average molecular weight is 448 g/mol. The third-order valence-corrected chi connectivity index (χ3v) is 4.87. The third-order valence-electron chi connectivity index (χ3n) is 4.18. The molecule has 0 unspecified atom stereocenters. The Labute approximate surface area is 174 Å². The van der Waals surface area contributed by atoms with E-state index in [1.54, 1.807) is 24.4 Å². The van der Waals surface area contributed by atoms with Gasteiger partial charge in [0.15, 0.2) is 5.58 Å². The Hall–Kier alpha value is -3.58. The van der Waals surface area contributed by atoms with Crippen molar-refractivity contribution in [2.75, 3.05) is 0 Å². The van der Waals surface area contributed by atoms with Crippen LogP contribution in [0.25, 0.3) is 28.6 Å². The summed E-state index contributed by atoms with van der Waals surface area (Å²) in [6, 6.07) is 19.6. The van der Waals surface area contributed by atoms with Gasteiger partial charge in [0.05, 0.1) is 16.2 Å².